The van der Waals surface area contributed by atoms with Gasteiger partial charge in [-0.2, -0.15) is 10.4 Å². The number of aromatic nitrogens is 3. The van der Waals surface area contributed by atoms with Crippen LogP contribution in [0.15, 0.2) is 59.8 Å². The van der Waals surface area contributed by atoms with Crippen LogP contribution in [0.3, 0.4) is 0 Å². The Bertz CT molecular complexity index is 1260. The third-order valence-corrected chi connectivity index (χ3v) is 5.28. The molecule has 3 aromatic heterocycles. The number of fused-ring (bicyclic) bond motifs is 1. The summed E-state index contributed by atoms with van der Waals surface area (Å²) in [7, 11) is 0. The molecular weight excluding hydrogens is 382 g/mol. The van der Waals surface area contributed by atoms with Crippen LogP contribution in [0.5, 0.6) is 11.5 Å². The quantitative estimate of drug-likeness (QED) is 0.519. The summed E-state index contributed by atoms with van der Waals surface area (Å²) < 4.78 is 12.8. The summed E-state index contributed by atoms with van der Waals surface area (Å²) in [6.07, 6.45) is 6.33. The van der Waals surface area contributed by atoms with E-state index < -0.39 is 0 Å². The lowest BCUT2D eigenvalue weighted by atomic mass is 10.0. The van der Waals surface area contributed by atoms with Crippen LogP contribution in [0.2, 0.25) is 0 Å². The molecule has 4 aromatic rings. The second-order valence-corrected chi connectivity index (χ2v) is 7.19. The van der Waals surface area contributed by atoms with Gasteiger partial charge in [0, 0.05) is 30.9 Å². The molecule has 0 saturated carbocycles. The van der Waals surface area contributed by atoms with Crippen LogP contribution >= 0.6 is 0 Å². The maximum absolute atomic E-state index is 12.8. The van der Waals surface area contributed by atoms with E-state index in [0.29, 0.717) is 30.2 Å². The average molecular weight is 399 g/mol. The van der Waals surface area contributed by atoms with E-state index in [1.54, 1.807) is 34.1 Å². The minimum Gasteiger partial charge on any atom is -0.455 e. The molecule has 8 heteroatoms. The van der Waals surface area contributed by atoms with Gasteiger partial charge in [-0.3, -0.25) is 4.79 Å². The van der Waals surface area contributed by atoms with Crippen molar-refractivity contribution in [1.82, 2.24) is 19.5 Å². The molecular formula is C22H17N5O3. The Hall–Kier alpha value is -4.12. The van der Waals surface area contributed by atoms with Crippen molar-refractivity contribution >= 4 is 11.4 Å². The molecule has 1 fully saturated rings. The Labute approximate surface area is 171 Å². The third-order valence-electron chi connectivity index (χ3n) is 5.28. The Kier molecular flexibility index (Phi) is 4.21. The number of likely N-dealkylation sites (tertiary alicyclic amines) is 1. The first kappa shape index (κ1) is 17.9. The minimum absolute atomic E-state index is 0.0801. The van der Waals surface area contributed by atoms with Crippen molar-refractivity contribution in [2.75, 3.05) is 13.1 Å². The minimum atomic E-state index is -0.0904. The smallest absolute Gasteiger partial charge is 0.255 e. The summed E-state index contributed by atoms with van der Waals surface area (Å²) >= 11 is 0. The fraction of sp³-hybridized carbons (Fsp3) is 0.182. The lowest BCUT2D eigenvalue weighted by Crippen LogP contribution is -2.49. The molecule has 5 rings (SSSR count). The number of ether oxygens (including phenoxy) is 1. The summed E-state index contributed by atoms with van der Waals surface area (Å²) in [6, 6.07) is 11.5. The van der Waals surface area contributed by atoms with Crippen molar-refractivity contribution in [3.63, 3.8) is 0 Å². The van der Waals surface area contributed by atoms with Gasteiger partial charge in [-0.1, -0.05) is 0 Å². The van der Waals surface area contributed by atoms with Gasteiger partial charge in [-0.15, -0.1) is 0 Å². The van der Waals surface area contributed by atoms with E-state index in [2.05, 4.69) is 16.2 Å². The molecule has 0 radical (unpaired) electrons. The molecule has 1 aliphatic rings. The van der Waals surface area contributed by atoms with Crippen molar-refractivity contribution < 1.29 is 13.9 Å². The highest BCUT2D eigenvalue weighted by atomic mass is 16.5. The molecule has 0 bridgehead atoms. The van der Waals surface area contributed by atoms with Crippen LogP contribution in [-0.2, 0) is 0 Å². The Balaban J connectivity index is 1.43. The van der Waals surface area contributed by atoms with Gasteiger partial charge >= 0.3 is 0 Å². The number of nitriles is 1. The van der Waals surface area contributed by atoms with Crippen LogP contribution in [0.1, 0.15) is 15.9 Å². The number of aryl methyl sites for hydroxylation is 1. The highest BCUT2D eigenvalue weighted by molar-refractivity contribution is 5.98. The maximum atomic E-state index is 12.8. The van der Waals surface area contributed by atoms with E-state index in [9.17, 15) is 4.79 Å². The number of hydrogen-bond donors (Lipinski definition) is 0. The SMILES string of the molecule is Cc1c(C(=O)N2CC(C#N)C2)cn2nccc(Oc3ccc(-c4cocn4)cc3)c12. The number of oxazole rings is 1. The summed E-state index contributed by atoms with van der Waals surface area (Å²) in [5.41, 5.74) is 3.77. The molecule has 0 atom stereocenters. The van der Waals surface area contributed by atoms with E-state index in [4.69, 9.17) is 14.4 Å². The van der Waals surface area contributed by atoms with Crippen LogP contribution in [0.25, 0.3) is 16.8 Å². The molecule has 1 saturated heterocycles. The Morgan fingerprint density at radius 3 is 2.77 bits per heavy atom. The van der Waals surface area contributed by atoms with Gasteiger partial charge in [-0.05, 0) is 36.8 Å². The predicted molar refractivity (Wildman–Crippen MR) is 107 cm³/mol. The normalized spacial score (nSPS) is 13.8. The number of nitrogens with zero attached hydrogens (tertiary/aromatic N) is 5. The molecule has 0 aliphatic carbocycles. The predicted octanol–water partition coefficient (Wildman–Crippen LogP) is 3.69. The summed E-state index contributed by atoms with van der Waals surface area (Å²) in [4.78, 5) is 18.6. The van der Waals surface area contributed by atoms with Gasteiger partial charge in [0.15, 0.2) is 12.1 Å². The van der Waals surface area contributed by atoms with Crippen molar-refractivity contribution in [1.29, 1.82) is 5.26 Å². The number of carbonyl (C=O) groups excluding carboxylic acids is 1. The van der Waals surface area contributed by atoms with Crippen molar-refractivity contribution in [2.45, 2.75) is 6.92 Å². The zero-order chi connectivity index (χ0) is 20.7. The Morgan fingerprint density at radius 1 is 1.27 bits per heavy atom. The molecule has 148 valence electrons. The second kappa shape index (κ2) is 7.04. The number of amides is 1. The highest BCUT2D eigenvalue weighted by Gasteiger charge is 2.32. The first-order chi connectivity index (χ1) is 14.6. The molecule has 1 amide bonds. The van der Waals surface area contributed by atoms with Gasteiger partial charge < -0.3 is 14.1 Å². The molecule has 4 heterocycles. The fourth-order valence-electron chi connectivity index (χ4n) is 3.59. The molecule has 0 N–H and O–H groups in total. The molecule has 0 spiro atoms. The summed E-state index contributed by atoms with van der Waals surface area (Å²) in [5, 5.41) is 13.3. The Morgan fingerprint density at radius 2 is 2.07 bits per heavy atom. The van der Waals surface area contributed by atoms with Crippen molar-refractivity contribution in [2.24, 2.45) is 5.92 Å². The molecule has 8 nitrogen and oxygen atoms in total. The van der Waals surface area contributed by atoms with Gasteiger partial charge in [0.25, 0.3) is 5.91 Å². The van der Waals surface area contributed by atoms with E-state index in [1.807, 2.05) is 31.2 Å². The van der Waals surface area contributed by atoms with E-state index in [1.165, 1.54) is 6.39 Å². The zero-order valence-electron chi connectivity index (χ0n) is 16.1. The fourth-order valence-corrected chi connectivity index (χ4v) is 3.59. The number of rotatable bonds is 4. The monoisotopic (exact) mass is 399 g/mol. The van der Waals surface area contributed by atoms with Crippen molar-refractivity contribution in [3.05, 3.63) is 66.5 Å². The van der Waals surface area contributed by atoms with Gasteiger partial charge in [0.05, 0.1) is 23.7 Å². The van der Waals surface area contributed by atoms with Crippen LogP contribution in [-0.4, -0.2) is 38.5 Å². The topological polar surface area (TPSA) is 96.7 Å². The van der Waals surface area contributed by atoms with Crippen molar-refractivity contribution in [3.8, 4) is 28.8 Å². The van der Waals surface area contributed by atoms with Gasteiger partial charge in [-0.25, -0.2) is 9.50 Å². The molecule has 30 heavy (non-hydrogen) atoms. The first-order valence-corrected chi connectivity index (χ1v) is 9.46. The second-order valence-electron chi connectivity index (χ2n) is 7.19. The van der Waals surface area contributed by atoms with E-state index >= 15 is 0 Å². The lowest BCUT2D eigenvalue weighted by Gasteiger charge is -2.35. The zero-order valence-corrected chi connectivity index (χ0v) is 16.1. The number of hydrogen-bond acceptors (Lipinski definition) is 6. The van der Waals surface area contributed by atoms with Crippen LogP contribution in [0.4, 0.5) is 0 Å². The van der Waals surface area contributed by atoms with Crippen LogP contribution < -0.4 is 4.74 Å². The first-order valence-electron chi connectivity index (χ1n) is 9.46. The molecule has 0 unspecified atom stereocenters. The maximum Gasteiger partial charge on any atom is 0.255 e. The molecule has 1 aliphatic heterocycles. The van der Waals surface area contributed by atoms with Gasteiger partial charge in [0.2, 0.25) is 0 Å². The average Bonchev–Trinajstić information content (AvgIpc) is 3.37. The number of benzene rings is 1. The summed E-state index contributed by atoms with van der Waals surface area (Å²) in [5.74, 6) is 1.09. The standard InChI is InChI=1S/C22H17N5O3/c1-14-18(22(28)26-9-15(8-23)10-26)11-27-21(14)20(6-7-25-27)30-17-4-2-16(3-5-17)19-12-29-13-24-19/h2-7,11-13,15H,9-10H2,1H3. The van der Waals surface area contributed by atoms with E-state index in [0.717, 1.165) is 22.3 Å². The van der Waals surface area contributed by atoms with E-state index in [-0.39, 0.29) is 11.8 Å². The highest BCUT2D eigenvalue weighted by Crippen LogP contribution is 2.32. The van der Waals surface area contributed by atoms with Crippen LogP contribution in [0, 0.1) is 24.2 Å². The summed E-state index contributed by atoms with van der Waals surface area (Å²) in [6.45, 7) is 2.82. The third kappa shape index (κ3) is 2.97. The number of carbonyl (C=O) groups is 1. The molecule has 1 aromatic carbocycles. The van der Waals surface area contributed by atoms with Gasteiger partial charge in [0.1, 0.15) is 23.2 Å². The lowest BCUT2D eigenvalue weighted by molar-refractivity contribution is 0.0576. The largest absolute Gasteiger partial charge is 0.455 e.